The molecule has 2 aliphatic carbocycles. The summed E-state index contributed by atoms with van der Waals surface area (Å²) < 4.78 is 4.44. The van der Waals surface area contributed by atoms with Gasteiger partial charge in [0.25, 0.3) is 5.91 Å². The van der Waals surface area contributed by atoms with Crippen LogP contribution in [0.25, 0.3) is 27.8 Å². The van der Waals surface area contributed by atoms with Gasteiger partial charge in [-0.15, -0.1) is 0 Å². The third-order valence-corrected chi connectivity index (χ3v) is 10.7. The molecule has 42 heavy (non-hydrogen) atoms. The first-order valence-electron chi connectivity index (χ1n) is 15.8. The maximum Gasteiger partial charge on any atom is 0.255 e. The highest BCUT2D eigenvalue weighted by Crippen LogP contribution is 2.41. The van der Waals surface area contributed by atoms with Crippen molar-refractivity contribution in [3.63, 3.8) is 0 Å². The van der Waals surface area contributed by atoms with Crippen molar-refractivity contribution in [2.24, 2.45) is 17.6 Å². The smallest absolute Gasteiger partial charge is 0.255 e. The number of aromatic nitrogens is 3. The Bertz CT molecular complexity index is 1720. The summed E-state index contributed by atoms with van der Waals surface area (Å²) in [5.74, 6) is 1.82. The molecule has 3 aromatic heterocycles. The molecule has 2 amide bonds. The highest BCUT2D eigenvalue weighted by atomic mass is 16.2. The van der Waals surface area contributed by atoms with E-state index in [-0.39, 0.29) is 23.9 Å². The van der Waals surface area contributed by atoms with Crippen LogP contribution in [0.15, 0.2) is 42.6 Å². The number of piperidine rings is 2. The lowest BCUT2D eigenvalue weighted by Crippen LogP contribution is -2.41. The van der Waals surface area contributed by atoms with E-state index in [0.717, 1.165) is 74.3 Å². The first-order chi connectivity index (χ1) is 20.4. The molecule has 218 valence electrons. The molecule has 4 fully saturated rings. The fraction of sp³-hybridized carbons (Fsp3) is 0.500. The molecule has 2 N–H and O–H groups in total. The van der Waals surface area contributed by atoms with Gasteiger partial charge in [0.1, 0.15) is 5.69 Å². The fourth-order valence-corrected chi connectivity index (χ4v) is 8.12. The Morgan fingerprint density at radius 2 is 1.83 bits per heavy atom. The maximum atomic E-state index is 13.5. The van der Waals surface area contributed by atoms with Crippen LogP contribution >= 0.6 is 0 Å². The molecule has 8 heteroatoms. The largest absolute Gasteiger partial charge is 0.343 e. The molecule has 8 rings (SSSR count). The SMILES string of the molecule is CC(=O)N1CCC(c2cccc3cc(-c4nn5cc(C(=O)N6CC7CCC6[C@@H]7N)ccc5c4C)n(CC4CC4)c23)CC1. The van der Waals surface area contributed by atoms with Gasteiger partial charge in [0.2, 0.25) is 5.91 Å². The van der Waals surface area contributed by atoms with Crippen molar-refractivity contribution in [1.82, 2.24) is 24.0 Å². The number of aryl methyl sites for hydroxylation is 1. The van der Waals surface area contributed by atoms with E-state index < -0.39 is 0 Å². The summed E-state index contributed by atoms with van der Waals surface area (Å²) in [7, 11) is 0. The minimum absolute atomic E-state index is 0.0672. The van der Waals surface area contributed by atoms with Crippen molar-refractivity contribution in [3.05, 3.63) is 59.3 Å². The number of para-hydroxylation sites is 1. The number of carbonyl (C=O) groups excluding carboxylic acids is 2. The van der Waals surface area contributed by atoms with Crippen molar-refractivity contribution in [1.29, 1.82) is 0 Å². The Hall–Kier alpha value is -3.65. The number of nitrogens with zero attached hydrogens (tertiary/aromatic N) is 5. The molecule has 3 atom stereocenters. The monoisotopic (exact) mass is 564 g/mol. The van der Waals surface area contributed by atoms with E-state index in [1.54, 1.807) is 6.92 Å². The second-order valence-corrected chi connectivity index (χ2v) is 13.3. The molecule has 0 radical (unpaired) electrons. The number of benzene rings is 1. The van der Waals surface area contributed by atoms with E-state index in [1.165, 1.54) is 29.3 Å². The summed E-state index contributed by atoms with van der Waals surface area (Å²) in [4.78, 5) is 29.5. The Labute approximate surface area is 246 Å². The van der Waals surface area contributed by atoms with Gasteiger partial charge in [-0.05, 0) is 87.0 Å². The third kappa shape index (κ3) is 4.09. The average Bonchev–Trinajstić information content (AvgIpc) is 3.40. The van der Waals surface area contributed by atoms with Crippen molar-refractivity contribution in [2.75, 3.05) is 19.6 Å². The van der Waals surface area contributed by atoms with Crippen molar-refractivity contribution < 1.29 is 9.59 Å². The van der Waals surface area contributed by atoms with Crippen molar-refractivity contribution in [2.45, 2.75) is 76.9 Å². The van der Waals surface area contributed by atoms with Crippen molar-refractivity contribution in [3.8, 4) is 11.4 Å². The van der Waals surface area contributed by atoms with Gasteiger partial charge in [-0.25, -0.2) is 4.52 Å². The van der Waals surface area contributed by atoms with E-state index in [9.17, 15) is 9.59 Å². The molecule has 2 saturated heterocycles. The van der Waals surface area contributed by atoms with Crippen LogP contribution in [0.1, 0.15) is 72.9 Å². The summed E-state index contributed by atoms with van der Waals surface area (Å²) in [6.45, 7) is 7.24. The fourth-order valence-electron chi connectivity index (χ4n) is 8.12. The van der Waals surface area contributed by atoms with Gasteiger partial charge < -0.3 is 20.1 Å². The predicted molar refractivity (Wildman–Crippen MR) is 163 cm³/mol. The molecule has 5 heterocycles. The first-order valence-corrected chi connectivity index (χ1v) is 15.8. The Morgan fingerprint density at radius 3 is 2.52 bits per heavy atom. The number of fused-ring (bicyclic) bond motifs is 4. The lowest BCUT2D eigenvalue weighted by molar-refractivity contribution is -0.129. The highest BCUT2D eigenvalue weighted by Gasteiger charge is 2.47. The number of hydrogen-bond acceptors (Lipinski definition) is 4. The number of carbonyl (C=O) groups is 2. The van der Waals surface area contributed by atoms with Gasteiger partial charge in [0, 0.05) is 62.3 Å². The zero-order chi connectivity index (χ0) is 28.7. The van der Waals surface area contributed by atoms with E-state index in [4.69, 9.17) is 10.8 Å². The topological polar surface area (TPSA) is 88.9 Å². The van der Waals surface area contributed by atoms with Crippen LogP contribution in [-0.4, -0.2) is 67.5 Å². The standard InChI is InChI=1S/C34H40N6O2/c1-20-28-10-9-26(34(42)39-18-25-8-11-29(39)31(25)35)19-40(28)36-32(20)30-16-24-4-3-5-27(33(24)38(30)17-22-6-7-22)23-12-14-37(15-13-23)21(2)41/h3-5,9-10,16,19,22-23,25,29,31H,6-8,11-15,17-18,35H2,1-2H3/t25?,29?,31-/m1/s1. The summed E-state index contributed by atoms with van der Waals surface area (Å²) in [6, 6.07) is 13.3. The average molecular weight is 565 g/mol. The molecule has 2 saturated carbocycles. The minimum atomic E-state index is 0.0672. The second-order valence-electron chi connectivity index (χ2n) is 13.3. The van der Waals surface area contributed by atoms with Crippen LogP contribution < -0.4 is 5.73 Å². The lowest BCUT2D eigenvalue weighted by Gasteiger charge is -2.32. The van der Waals surface area contributed by atoms with Crippen LogP contribution in [0.3, 0.4) is 0 Å². The normalized spacial score (nSPS) is 24.4. The molecule has 4 aliphatic rings. The second kappa shape index (κ2) is 9.69. The zero-order valence-corrected chi connectivity index (χ0v) is 24.6. The van der Waals surface area contributed by atoms with Gasteiger partial charge in [-0.2, -0.15) is 5.10 Å². The van der Waals surface area contributed by atoms with Gasteiger partial charge >= 0.3 is 0 Å². The molecule has 2 aliphatic heterocycles. The van der Waals surface area contributed by atoms with E-state index >= 15 is 0 Å². The summed E-state index contributed by atoms with van der Waals surface area (Å²) >= 11 is 0. The number of hydrogen-bond donors (Lipinski definition) is 1. The number of nitrogens with two attached hydrogens (primary N) is 1. The summed E-state index contributed by atoms with van der Waals surface area (Å²) in [5, 5.41) is 6.38. The van der Waals surface area contributed by atoms with Crippen LogP contribution in [-0.2, 0) is 11.3 Å². The third-order valence-electron chi connectivity index (χ3n) is 10.7. The van der Waals surface area contributed by atoms with Crippen LogP contribution in [0, 0.1) is 18.8 Å². The van der Waals surface area contributed by atoms with E-state index in [0.29, 0.717) is 23.3 Å². The minimum Gasteiger partial charge on any atom is -0.343 e. The number of amides is 2. The zero-order valence-electron chi connectivity index (χ0n) is 24.6. The Kier molecular flexibility index (Phi) is 6.00. The van der Waals surface area contributed by atoms with Gasteiger partial charge in [0.05, 0.1) is 22.3 Å². The molecule has 2 bridgehead atoms. The van der Waals surface area contributed by atoms with Crippen LogP contribution in [0.4, 0.5) is 0 Å². The number of likely N-dealkylation sites (tertiary alicyclic amines) is 2. The van der Waals surface area contributed by atoms with E-state index in [2.05, 4.69) is 41.8 Å². The summed E-state index contributed by atoms with van der Waals surface area (Å²) in [5.41, 5.74) is 14.1. The number of rotatable bonds is 5. The maximum absolute atomic E-state index is 13.5. The van der Waals surface area contributed by atoms with Crippen LogP contribution in [0.2, 0.25) is 0 Å². The van der Waals surface area contributed by atoms with Gasteiger partial charge in [0.15, 0.2) is 0 Å². The molecular weight excluding hydrogens is 524 g/mol. The lowest BCUT2D eigenvalue weighted by atomic mass is 9.88. The molecule has 2 unspecified atom stereocenters. The quantitative estimate of drug-likeness (QED) is 0.371. The molecular formula is C34H40N6O2. The van der Waals surface area contributed by atoms with Gasteiger partial charge in [-0.3, -0.25) is 9.59 Å². The molecule has 4 aromatic rings. The first kappa shape index (κ1) is 26.0. The Morgan fingerprint density at radius 1 is 1.02 bits per heavy atom. The number of pyridine rings is 1. The molecule has 0 spiro atoms. The van der Waals surface area contributed by atoms with E-state index in [1.807, 2.05) is 26.6 Å². The Balaban J connectivity index is 1.18. The van der Waals surface area contributed by atoms with Gasteiger partial charge in [-0.1, -0.05) is 18.2 Å². The van der Waals surface area contributed by atoms with Crippen LogP contribution in [0.5, 0.6) is 0 Å². The molecule has 8 nitrogen and oxygen atoms in total. The molecule has 1 aromatic carbocycles. The summed E-state index contributed by atoms with van der Waals surface area (Å²) in [6.07, 6.45) is 8.59. The van der Waals surface area contributed by atoms with Crippen molar-refractivity contribution >= 4 is 28.2 Å². The predicted octanol–water partition coefficient (Wildman–Crippen LogP) is 4.96. The highest BCUT2D eigenvalue weighted by molar-refractivity contribution is 5.95.